The molecule has 0 spiro atoms. The van der Waals surface area contributed by atoms with Crippen LogP contribution in [-0.4, -0.2) is 48.1 Å². The van der Waals surface area contributed by atoms with E-state index in [2.05, 4.69) is 10.3 Å². The number of alkyl halides is 3. The second kappa shape index (κ2) is 6.30. The second-order valence-corrected chi connectivity index (χ2v) is 5.14. The molecule has 5 nitrogen and oxygen atoms in total. The number of hydrogen-bond acceptors (Lipinski definition) is 3. The molecule has 116 valence electrons. The molecule has 1 saturated heterocycles. The van der Waals surface area contributed by atoms with Crippen LogP contribution in [0.4, 0.5) is 13.2 Å². The van der Waals surface area contributed by atoms with Gasteiger partial charge in [0.1, 0.15) is 5.69 Å². The molecule has 2 heterocycles. The van der Waals surface area contributed by atoms with Crippen molar-refractivity contribution in [3.05, 3.63) is 34.2 Å². The Bertz CT molecular complexity index is 556. The number of nitrogens with one attached hydrogen (secondary N) is 2. The number of aromatic nitrogens is 1. The van der Waals surface area contributed by atoms with Crippen LogP contribution in [0.3, 0.4) is 0 Å². The van der Waals surface area contributed by atoms with Gasteiger partial charge in [0.15, 0.2) is 0 Å². The lowest BCUT2D eigenvalue weighted by molar-refractivity contribution is -0.143. The molecule has 21 heavy (non-hydrogen) atoms. The number of halogens is 3. The van der Waals surface area contributed by atoms with E-state index in [0.717, 1.165) is 0 Å². The first-order valence-electron chi connectivity index (χ1n) is 6.60. The Morgan fingerprint density at radius 1 is 1.43 bits per heavy atom. The highest BCUT2D eigenvalue weighted by atomic mass is 19.4. The highest BCUT2D eigenvalue weighted by Crippen LogP contribution is 2.22. The first-order valence-corrected chi connectivity index (χ1v) is 6.60. The Kier molecular flexibility index (Phi) is 4.66. The molecule has 2 N–H and O–H groups in total. The van der Waals surface area contributed by atoms with E-state index in [1.165, 1.54) is 23.1 Å². The highest BCUT2D eigenvalue weighted by Gasteiger charge is 2.34. The molecule has 0 aliphatic carbocycles. The second-order valence-electron chi connectivity index (χ2n) is 5.14. The molecular weight excluding hydrogens is 287 g/mol. The van der Waals surface area contributed by atoms with Crippen LogP contribution in [-0.2, 0) is 0 Å². The average Bonchev–Trinajstić information content (AvgIpc) is 2.81. The molecule has 1 fully saturated rings. The zero-order valence-electron chi connectivity index (χ0n) is 11.2. The van der Waals surface area contributed by atoms with Gasteiger partial charge in [0, 0.05) is 19.2 Å². The first-order chi connectivity index (χ1) is 9.83. The van der Waals surface area contributed by atoms with Crippen molar-refractivity contribution in [1.29, 1.82) is 0 Å². The Hall–Kier alpha value is -1.83. The van der Waals surface area contributed by atoms with Crippen LogP contribution in [0.1, 0.15) is 16.9 Å². The summed E-state index contributed by atoms with van der Waals surface area (Å²) in [7, 11) is 0. The summed E-state index contributed by atoms with van der Waals surface area (Å²) < 4.78 is 36.8. The summed E-state index contributed by atoms with van der Waals surface area (Å²) in [5.41, 5.74) is -0.229. The highest BCUT2D eigenvalue weighted by molar-refractivity contribution is 5.92. The lowest BCUT2D eigenvalue weighted by Crippen LogP contribution is -2.35. The number of nitrogens with zero attached hydrogens (tertiary/aromatic N) is 1. The van der Waals surface area contributed by atoms with Crippen LogP contribution in [0, 0.1) is 5.92 Å². The average molecular weight is 303 g/mol. The number of carbonyl (C=O) groups is 1. The van der Waals surface area contributed by atoms with Crippen molar-refractivity contribution in [2.75, 3.05) is 26.2 Å². The maximum Gasteiger partial charge on any atom is 0.401 e. The van der Waals surface area contributed by atoms with E-state index in [4.69, 9.17) is 0 Å². The van der Waals surface area contributed by atoms with Crippen molar-refractivity contribution < 1.29 is 18.0 Å². The van der Waals surface area contributed by atoms with Gasteiger partial charge >= 0.3 is 6.18 Å². The van der Waals surface area contributed by atoms with E-state index in [9.17, 15) is 22.8 Å². The molecule has 1 atom stereocenters. The summed E-state index contributed by atoms with van der Waals surface area (Å²) in [6, 6.07) is 4.23. The van der Waals surface area contributed by atoms with Gasteiger partial charge in [0.05, 0.1) is 6.54 Å². The third-order valence-corrected chi connectivity index (χ3v) is 3.34. The molecule has 1 aliphatic rings. The molecule has 1 aliphatic heterocycles. The van der Waals surface area contributed by atoms with Crippen molar-refractivity contribution in [1.82, 2.24) is 15.2 Å². The SMILES string of the molecule is O=C(NCC1CCN(CC(F)(F)F)C1)c1cccc(=O)[nH]1. The molecule has 2 rings (SSSR count). The van der Waals surface area contributed by atoms with E-state index in [0.29, 0.717) is 26.1 Å². The Labute approximate surface area is 119 Å². The maximum atomic E-state index is 12.3. The molecule has 0 bridgehead atoms. The van der Waals surface area contributed by atoms with Gasteiger partial charge in [0.25, 0.3) is 5.91 Å². The monoisotopic (exact) mass is 303 g/mol. The normalized spacial score (nSPS) is 19.7. The van der Waals surface area contributed by atoms with E-state index in [-0.39, 0.29) is 17.2 Å². The lowest BCUT2D eigenvalue weighted by atomic mass is 10.1. The van der Waals surface area contributed by atoms with Gasteiger partial charge in [-0.05, 0) is 24.9 Å². The van der Waals surface area contributed by atoms with Gasteiger partial charge in [-0.15, -0.1) is 0 Å². The van der Waals surface area contributed by atoms with Gasteiger partial charge < -0.3 is 10.3 Å². The van der Waals surface area contributed by atoms with Gasteiger partial charge in [-0.25, -0.2) is 0 Å². The number of likely N-dealkylation sites (tertiary alicyclic amines) is 1. The minimum absolute atomic E-state index is 0.00765. The Morgan fingerprint density at radius 2 is 2.19 bits per heavy atom. The fraction of sp³-hybridized carbons (Fsp3) is 0.538. The summed E-state index contributed by atoms with van der Waals surface area (Å²) in [6.45, 7) is 0.0703. The summed E-state index contributed by atoms with van der Waals surface area (Å²) in [5, 5.41) is 2.63. The molecule has 0 aromatic carbocycles. The topological polar surface area (TPSA) is 65.2 Å². The Balaban J connectivity index is 1.79. The zero-order valence-corrected chi connectivity index (χ0v) is 11.2. The van der Waals surface area contributed by atoms with Crippen molar-refractivity contribution in [3.8, 4) is 0 Å². The first kappa shape index (κ1) is 15.6. The summed E-state index contributed by atoms with van der Waals surface area (Å²) in [5.74, 6) is -0.436. The molecule has 8 heteroatoms. The van der Waals surface area contributed by atoms with E-state index in [1.807, 2.05) is 0 Å². The fourth-order valence-electron chi connectivity index (χ4n) is 2.39. The number of carbonyl (C=O) groups excluding carboxylic acids is 1. The molecule has 1 unspecified atom stereocenters. The largest absolute Gasteiger partial charge is 0.401 e. The van der Waals surface area contributed by atoms with Gasteiger partial charge in [-0.1, -0.05) is 6.07 Å². The maximum absolute atomic E-state index is 12.3. The third-order valence-electron chi connectivity index (χ3n) is 3.34. The van der Waals surface area contributed by atoms with Crippen LogP contribution >= 0.6 is 0 Å². The quantitative estimate of drug-likeness (QED) is 0.872. The van der Waals surface area contributed by atoms with Crippen LogP contribution in [0.5, 0.6) is 0 Å². The van der Waals surface area contributed by atoms with Gasteiger partial charge in [-0.2, -0.15) is 13.2 Å². The fourth-order valence-corrected chi connectivity index (χ4v) is 2.39. The molecule has 0 saturated carbocycles. The molecule has 1 amide bonds. The number of rotatable bonds is 4. The predicted molar refractivity (Wildman–Crippen MR) is 70.0 cm³/mol. The number of hydrogen-bond donors (Lipinski definition) is 2. The van der Waals surface area contributed by atoms with Crippen LogP contribution in [0.25, 0.3) is 0 Å². The molecule has 0 radical (unpaired) electrons. The van der Waals surface area contributed by atoms with E-state index >= 15 is 0 Å². The number of aromatic amines is 1. The lowest BCUT2D eigenvalue weighted by Gasteiger charge is -2.18. The number of H-pyrrole nitrogens is 1. The molecule has 1 aromatic heterocycles. The predicted octanol–water partition coefficient (Wildman–Crippen LogP) is 0.989. The van der Waals surface area contributed by atoms with Crippen LogP contribution < -0.4 is 10.9 Å². The minimum Gasteiger partial charge on any atom is -0.350 e. The molecular formula is C13H16F3N3O2. The van der Waals surface area contributed by atoms with Crippen molar-refractivity contribution in [2.24, 2.45) is 5.92 Å². The van der Waals surface area contributed by atoms with Gasteiger partial charge in [0.2, 0.25) is 5.56 Å². The smallest absolute Gasteiger partial charge is 0.350 e. The number of amides is 1. The minimum atomic E-state index is -4.19. The van der Waals surface area contributed by atoms with Crippen molar-refractivity contribution in [2.45, 2.75) is 12.6 Å². The van der Waals surface area contributed by atoms with Gasteiger partial charge in [-0.3, -0.25) is 14.5 Å². The summed E-state index contributed by atoms with van der Waals surface area (Å²) in [4.78, 5) is 26.6. The van der Waals surface area contributed by atoms with Crippen LogP contribution in [0.15, 0.2) is 23.0 Å². The zero-order chi connectivity index (χ0) is 15.5. The summed E-state index contributed by atoms with van der Waals surface area (Å²) in [6.07, 6.45) is -3.58. The van der Waals surface area contributed by atoms with E-state index in [1.54, 1.807) is 0 Å². The molecule has 1 aromatic rings. The van der Waals surface area contributed by atoms with Crippen molar-refractivity contribution in [3.63, 3.8) is 0 Å². The van der Waals surface area contributed by atoms with Crippen molar-refractivity contribution >= 4 is 5.91 Å². The number of pyridine rings is 1. The standard InChI is InChI=1S/C13H16F3N3O2/c14-13(15,16)8-19-5-4-9(7-19)6-17-12(21)10-2-1-3-11(20)18-10/h1-3,9H,4-8H2,(H,17,21)(H,18,20). The van der Waals surface area contributed by atoms with E-state index < -0.39 is 18.6 Å². The summed E-state index contributed by atoms with van der Waals surface area (Å²) >= 11 is 0. The Morgan fingerprint density at radius 3 is 2.86 bits per heavy atom. The van der Waals surface area contributed by atoms with Crippen LogP contribution in [0.2, 0.25) is 0 Å². The third kappa shape index (κ3) is 4.89.